The van der Waals surface area contributed by atoms with Crippen LogP contribution in [0, 0.1) is 11.7 Å². The number of rotatable bonds is 6. The first-order chi connectivity index (χ1) is 15.7. The molecule has 1 saturated heterocycles. The molecular formula is C24H25Cl2FN2O4. The number of hydrogen-bond acceptors (Lipinski definition) is 4. The number of nitrogens with zero attached hydrogens (tertiary/aromatic N) is 1. The van der Waals surface area contributed by atoms with Gasteiger partial charge in [0.1, 0.15) is 17.2 Å². The van der Waals surface area contributed by atoms with Gasteiger partial charge in [0.05, 0.1) is 18.1 Å². The van der Waals surface area contributed by atoms with E-state index in [1.54, 1.807) is 29.2 Å². The SMILES string of the molecule is O=C(COc1ccc(Cl)c(F)c1)NC1CCC(C(=O)N2CC(O)(c3ccc(Cl)cc3)C2)CC1. The summed E-state index contributed by atoms with van der Waals surface area (Å²) in [5, 5.41) is 14.3. The van der Waals surface area contributed by atoms with Crippen molar-refractivity contribution in [1.29, 1.82) is 0 Å². The number of likely N-dealkylation sites (tertiary alicyclic amines) is 1. The van der Waals surface area contributed by atoms with E-state index in [0.29, 0.717) is 30.7 Å². The monoisotopic (exact) mass is 494 g/mol. The predicted molar refractivity (Wildman–Crippen MR) is 123 cm³/mol. The smallest absolute Gasteiger partial charge is 0.258 e. The number of carbonyl (C=O) groups is 2. The second-order valence-corrected chi connectivity index (χ2v) is 9.56. The third-order valence-corrected chi connectivity index (χ3v) is 6.86. The molecule has 0 spiro atoms. The molecule has 0 unspecified atom stereocenters. The van der Waals surface area contributed by atoms with E-state index in [1.807, 2.05) is 0 Å². The van der Waals surface area contributed by atoms with Crippen LogP contribution < -0.4 is 10.1 Å². The van der Waals surface area contributed by atoms with Crippen LogP contribution in [0.15, 0.2) is 42.5 Å². The summed E-state index contributed by atoms with van der Waals surface area (Å²) in [7, 11) is 0. The standard InChI is InChI=1S/C24H25Cl2FN2O4/c25-17-5-3-16(4-6-17)24(32)13-29(14-24)23(31)15-1-7-18(8-2-15)28-22(30)12-33-19-9-10-20(26)21(27)11-19/h3-6,9-11,15,18,32H,1-2,7-8,12-14H2,(H,28,30). The second kappa shape index (κ2) is 9.87. The van der Waals surface area contributed by atoms with Crippen molar-refractivity contribution in [3.05, 3.63) is 63.9 Å². The van der Waals surface area contributed by atoms with E-state index in [4.69, 9.17) is 27.9 Å². The number of hydrogen-bond donors (Lipinski definition) is 2. The molecule has 2 aromatic carbocycles. The van der Waals surface area contributed by atoms with Crippen LogP contribution in [0.5, 0.6) is 5.75 Å². The molecule has 0 atom stereocenters. The normalized spacial score (nSPS) is 21.8. The summed E-state index contributed by atoms with van der Waals surface area (Å²) >= 11 is 11.5. The van der Waals surface area contributed by atoms with Gasteiger partial charge in [0, 0.05) is 23.0 Å². The molecule has 2 fully saturated rings. The minimum absolute atomic E-state index is 0.00834. The Morgan fingerprint density at radius 1 is 1.09 bits per heavy atom. The Morgan fingerprint density at radius 2 is 1.76 bits per heavy atom. The van der Waals surface area contributed by atoms with E-state index < -0.39 is 11.4 Å². The Morgan fingerprint density at radius 3 is 2.39 bits per heavy atom. The second-order valence-electron chi connectivity index (χ2n) is 8.71. The number of carbonyl (C=O) groups excluding carboxylic acids is 2. The molecule has 1 heterocycles. The number of halogens is 3. The van der Waals surface area contributed by atoms with Gasteiger partial charge >= 0.3 is 0 Å². The molecular weight excluding hydrogens is 470 g/mol. The van der Waals surface area contributed by atoms with E-state index in [-0.39, 0.29) is 54.2 Å². The zero-order valence-electron chi connectivity index (χ0n) is 17.9. The van der Waals surface area contributed by atoms with Gasteiger partial charge < -0.3 is 20.1 Å². The zero-order valence-corrected chi connectivity index (χ0v) is 19.4. The highest BCUT2D eigenvalue weighted by atomic mass is 35.5. The summed E-state index contributed by atoms with van der Waals surface area (Å²) in [6.45, 7) is 0.316. The third kappa shape index (κ3) is 5.60. The van der Waals surface area contributed by atoms with Gasteiger partial charge in [-0.05, 0) is 55.5 Å². The van der Waals surface area contributed by atoms with Crippen molar-refractivity contribution in [2.45, 2.75) is 37.3 Å². The van der Waals surface area contributed by atoms with Crippen LogP contribution in [0.25, 0.3) is 0 Å². The first kappa shape index (κ1) is 23.8. The maximum Gasteiger partial charge on any atom is 0.258 e. The van der Waals surface area contributed by atoms with E-state index in [1.165, 1.54) is 12.1 Å². The van der Waals surface area contributed by atoms with E-state index in [0.717, 1.165) is 11.6 Å². The van der Waals surface area contributed by atoms with E-state index >= 15 is 0 Å². The van der Waals surface area contributed by atoms with Crippen LogP contribution in [0.1, 0.15) is 31.2 Å². The fourth-order valence-electron chi connectivity index (χ4n) is 4.41. The van der Waals surface area contributed by atoms with Crippen molar-refractivity contribution >= 4 is 35.0 Å². The number of benzene rings is 2. The van der Waals surface area contributed by atoms with Crippen LogP contribution in [0.4, 0.5) is 4.39 Å². The summed E-state index contributed by atoms with van der Waals surface area (Å²) in [4.78, 5) is 26.7. The fraction of sp³-hybridized carbons (Fsp3) is 0.417. The molecule has 6 nitrogen and oxygen atoms in total. The first-order valence-electron chi connectivity index (χ1n) is 10.9. The molecule has 2 N–H and O–H groups in total. The average Bonchev–Trinajstić information content (AvgIpc) is 2.78. The molecule has 1 aliphatic heterocycles. The largest absolute Gasteiger partial charge is 0.484 e. The van der Waals surface area contributed by atoms with E-state index in [9.17, 15) is 19.1 Å². The summed E-state index contributed by atoms with van der Waals surface area (Å²) in [6, 6.07) is 11.0. The van der Waals surface area contributed by atoms with Crippen LogP contribution >= 0.6 is 23.2 Å². The van der Waals surface area contributed by atoms with Gasteiger partial charge in [0.2, 0.25) is 5.91 Å². The molecule has 1 saturated carbocycles. The molecule has 176 valence electrons. The molecule has 0 bridgehead atoms. The van der Waals surface area contributed by atoms with Gasteiger partial charge in [-0.25, -0.2) is 4.39 Å². The van der Waals surface area contributed by atoms with Crippen molar-refractivity contribution in [1.82, 2.24) is 10.2 Å². The number of amides is 2. The topological polar surface area (TPSA) is 78.9 Å². The van der Waals surface area contributed by atoms with Gasteiger partial charge in [0.25, 0.3) is 5.91 Å². The van der Waals surface area contributed by atoms with Gasteiger partial charge in [-0.15, -0.1) is 0 Å². The minimum atomic E-state index is -1.03. The Bertz CT molecular complexity index is 1020. The molecule has 2 aromatic rings. The van der Waals surface area contributed by atoms with Gasteiger partial charge in [0.15, 0.2) is 6.61 Å². The van der Waals surface area contributed by atoms with Gasteiger partial charge in [-0.2, -0.15) is 0 Å². The lowest BCUT2D eigenvalue weighted by Crippen LogP contribution is -2.62. The quantitative estimate of drug-likeness (QED) is 0.637. The molecule has 33 heavy (non-hydrogen) atoms. The lowest BCUT2D eigenvalue weighted by molar-refractivity contribution is -0.162. The molecule has 0 aromatic heterocycles. The highest BCUT2D eigenvalue weighted by Crippen LogP contribution is 2.35. The van der Waals surface area contributed by atoms with Gasteiger partial charge in [-0.1, -0.05) is 35.3 Å². The van der Waals surface area contributed by atoms with E-state index in [2.05, 4.69) is 5.32 Å². The summed E-state index contributed by atoms with van der Waals surface area (Å²) < 4.78 is 18.8. The highest BCUT2D eigenvalue weighted by molar-refractivity contribution is 6.30. The summed E-state index contributed by atoms with van der Waals surface area (Å²) in [5.41, 5.74) is -0.274. The van der Waals surface area contributed by atoms with Crippen LogP contribution in [0.2, 0.25) is 10.0 Å². The molecule has 2 aliphatic rings. The van der Waals surface area contributed by atoms with Crippen LogP contribution in [-0.4, -0.2) is 47.6 Å². The maximum atomic E-state index is 13.4. The van der Waals surface area contributed by atoms with Gasteiger partial charge in [-0.3, -0.25) is 9.59 Å². The predicted octanol–water partition coefficient (Wildman–Crippen LogP) is 3.92. The highest BCUT2D eigenvalue weighted by Gasteiger charge is 2.46. The Labute approximate surface area is 201 Å². The van der Waals surface area contributed by atoms with Crippen LogP contribution in [-0.2, 0) is 15.2 Å². The molecule has 2 amide bonds. The van der Waals surface area contributed by atoms with Crippen molar-refractivity contribution < 1.29 is 23.8 Å². The van der Waals surface area contributed by atoms with Crippen molar-refractivity contribution in [2.24, 2.45) is 5.92 Å². The molecule has 1 aliphatic carbocycles. The lowest BCUT2D eigenvalue weighted by Gasteiger charge is -2.48. The molecule has 0 radical (unpaired) electrons. The van der Waals surface area contributed by atoms with Crippen molar-refractivity contribution in [3.63, 3.8) is 0 Å². The summed E-state index contributed by atoms with van der Waals surface area (Å²) in [5.74, 6) is -0.732. The Hall–Kier alpha value is -2.35. The third-order valence-electron chi connectivity index (χ3n) is 6.30. The molecule has 4 rings (SSSR count). The van der Waals surface area contributed by atoms with Crippen molar-refractivity contribution in [3.8, 4) is 5.75 Å². The zero-order chi connectivity index (χ0) is 23.6. The maximum absolute atomic E-state index is 13.4. The minimum Gasteiger partial charge on any atom is -0.484 e. The number of nitrogens with one attached hydrogen (secondary N) is 1. The number of β-amino-alcohol motifs (C(OH)–C–C–N with tert-alkyl or cyclic N) is 1. The van der Waals surface area contributed by atoms with Crippen molar-refractivity contribution in [2.75, 3.05) is 19.7 Å². The number of aliphatic hydroxyl groups is 1. The first-order valence-corrected chi connectivity index (χ1v) is 11.6. The number of ether oxygens (including phenoxy) is 1. The fourth-order valence-corrected chi connectivity index (χ4v) is 4.66. The Kier molecular flexibility index (Phi) is 7.12. The molecule has 9 heteroatoms. The summed E-state index contributed by atoms with van der Waals surface area (Å²) in [6.07, 6.45) is 2.71. The Balaban J connectivity index is 1.19. The van der Waals surface area contributed by atoms with Crippen LogP contribution in [0.3, 0.4) is 0 Å². The average molecular weight is 495 g/mol. The lowest BCUT2D eigenvalue weighted by atomic mass is 9.81.